The molecule has 0 fully saturated rings. The topological polar surface area (TPSA) is 55.9 Å². The summed E-state index contributed by atoms with van der Waals surface area (Å²) in [4.78, 5) is 0. The van der Waals surface area contributed by atoms with E-state index in [2.05, 4.69) is 10.5 Å². The number of nitrogens with zero attached hydrogens (tertiary/aromatic N) is 2. The number of benzene rings is 1. The summed E-state index contributed by atoms with van der Waals surface area (Å²) < 4.78 is 28.6. The van der Waals surface area contributed by atoms with Crippen LogP contribution in [-0.2, 0) is 13.5 Å². The molecule has 6 heteroatoms. The van der Waals surface area contributed by atoms with E-state index in [1.54, 1.807) is 11.7 Å². The third-order valence-corrected chi connectivity index (χ3v) is 3.05. The fourth-order valence-corrected chi connectivity index (χ4v) is 2.10. The summed E-state index contributed by atoms with van der Waals surface area (Å²) >= 11 is 0. The Morgan fingerprint density at radius 1 is 1.37 bits per heavy atom. The van der Waals surface area contributed by atoms with Gasteiger partial charge in [0, 0.05) is 24.7 Å². The van der Waals surface area contributed by atoms with Crippen molar-refractivity contribution in [2.24, 2.45) is 12.9 Å². The van der Waals surface area contributed by atoms with Crippen LogP contribution in [0.15, 0.2) is 24.3 Å². The van der Waals surface area contributed by atoms with E-state index in [1.807, 2.05) is 13.0 Å². The van der Waals surface area contributed by atoms with Crippen molar-refractivity contribution in [3.05, 3.63) is 52.9 Å². The van der Waals surface area contributed by atoms with E-state index >= 15 is 0 Å². The standard InChI is InChI=1S/C13H16F2N4/c1-8-5-10(19(2)18-8)7-13(17-16)11-6-9(14)3-4-12(11)15/h3-6,13,17H,7,16H2,1-2H3. The van der Waals surface area contributed by atoms with Gasteiger partial charge in [0.15, 0.2) is 0 Å². The first-order valence-corrected chi connectivity index (χ1v) is 5.92. The van der Waals surface area contributed by atoms with Crippen LogP contribution in [0.2, 0.25) is 0 Å². The Labute approximate surface area is 110 Å². The second-order valence-corrected chi connectivity index (χ2v) is 4.49. The van der Waals surface area contributed by atoms with E-state index in [-0.39, 0.29) is 5.56 Å². The highest BCUT2D eigenvalue weighted by atomic mass is 19.1. The Kier molecular flexibility index (Phi) is 3.92. The number of hydrazine groups is 1. The van der Waals surface area contributed by atoms with Gasteiger partial charge in [-0.3, -0.25) is 16.0 Å². The second-order valence-electron chi connectivity index (χ2n) is 4.49. The molecule has 0 radical (unpaired) electrons. The van der Waals surface area contributed by atoms with Crippen molar-refractivity contribution in [2.75, 3.05) is 0 Å². The van der Waals surface area contributed by atoms with Crippen LogP contribution >= 0.6 is 0 Å². The minimum atomic E-state index is -0.509. The molecule has 2 aromatic rings. The number of nitrogens with one attached hydrogen (secondary N) is 1. The lowest BCUT2D eigenvalue weighted by molar-refractivity contribution is 0.491. The van der Waals surface area contributed by atoms with E-state index in [4.69, 9.17) is 5.84 Å². The van der Waals surface area contributed by atoms with Crippen LogP contribution in [0.1, 0.15) is 23.0 Å². The molecule has 102 valence electrons. The summed E-state index contributed by atoms with van der Waals surface area (Å²) in [7, 11) is 1.80. The molecule has 0 bridgehead atoms. The Morgan fingerprint density at radius 2 is 2.11 bits per heavy atom. The summed E-state index contributed by atoms with van der Waals surface area (Å²) in [5.41, 5.74) is 4.49. The summed E-state index contributed by atoms with van der Waals surface area (Å²) in [5, 5.41) is 4.21. The number of nitrogens with two attached hydrogens (primary N) is 1. The molecule has 1 aromatic carbocycles. The quantitative estimate of drug-likeness (QED) is 0.655. The maximum Gasteiger partial charge on any atom is 0.128 e. The minimum Gasteiger partial charge on any atom is -0.272 e. The van der Waals surface area contributed by atoms with Crippen LogP contribution < -0.4 is 11.3 Å². The lowest BCUT2D eigenvalue weighted by Crippen LogP contribution is -2.31. The number of hydrogen-bond acceptors (Lipinski definition) is 3. The van der Waals surface area contributed by atoms with Crippen LogP contribution in [0.5, 0.6) is 0 Å². The van der Waals surface area contributed by atoms with Gasteiger partial charge in [-0.25, -0.2) is 8.78 Å². The molecule has 19 heavy (non-hydrogen) atoms. The largest absolute Gasteiger partial charge is 0.272 e. The zero-order chi connectivity index (χ0) is 14.0. The Hall–Kier alpha value is -1.79. The van der Waals surface area contributed by atoms with Crippen LogP contribution in [-0.4, -0.2) is 9.78 Å². The van der Waals surface area contributed by atoms with Crippen molar-refractivity contribution in [3.8, 4) is 0 Å². The molecular weight excluding hydrogens is 250 g/mol. The summed E-state index contributed by atoms with van der Waals surface area (Å²) in [6.07, 6.45) is 0.425. The maximum absolute atomic E-state index is 13.7. The van der Waals surface area contributed by atoms with E-state index in [9.17, 15) is 8.78 Å². The summed E-state index contributed by atoms with van der Waals surface area (Å²) in [5.74, 6) is 4.49. The minimum absolute atomic E-state index is 0.210. The van der Waals surface area contributed by atoms with Gasteiger partial charge < -0.3 is 0 Å². The van der Waals surface area contributed by atoms with Gasteiger partial charge in [-0.1, -0.05) is 0 Å². The van der Waals surface area contributed by atoms with Crippen molar-refractivity contribution < 1.29 is 8.78 Å². The maximum atomic E-state index is 13.7. The van der Waals surface area contributed by atoms with Gasteiger partial charge in [-0.2, -0.15) is 5.10 Å². The second kappa shape index (κ2) is 5.46. The van der Waals surface area contributed by atoms with Crippen LogP contribution in [0.25, 0.3) is 0 Å². The van der Waals surface area contributed by atoms with Crippen molar-refractivity contribution in [1.29, 1.82) is 0 Å². The average molecular weight is 266 g/mol. The van der Waals surface area contributed by atoms with E-state index in [1.165, 1.54) is 0 Å². The highest BCUT2D eigenvalue weighted by Crippen LogP contribution is 2.21. The summed E-state index contributed by atoms with van der Waals surface area (Å²) in [6, 6.07) is 4.72. The number of rotatable bonds is 4. The van der Waals surface area contributed by atoms with E-state index in [0.29, 0.717) is 6.42 Å². The lowest BCUT2D eigenvalue weighted by Gasteiger charge is -2.17. The van der Waals surface area contributed by atoms with E-state index < -0.39 is 17.7 Å². The molecule has 2 rings (SSSR count). The predicted octanol–water partition coefficient (Wildman–Crippen LogP) is 1.75. The number of aromatic nitrogens is 2. The molecule has 0 saturated carbocycles. The van der Waals surface area contributed by atoms with Crippen molar-refractivity contribution in [2.45, 2.75) is 19.4 Å². The molecular formula is C13H16F2N4. The molecule has 0 aliphatic rings. The van der Waals surface area contributed by atoms with Gasteiger partial charge in [-0.05, 0) is 31.2 Å². The lowest BCUT2D eigenvalue weighted by atomic mass is 10.0. The SMILES string of the molecule is Cc1cc(CC(NN)c2cc(F)ccc2F)n(C)n1. The molecule has 0 aliphatic carbocycles. The number of hydrogen-bond donors (Lipinski definition) is 2. The fraction of sp³-hybridized carbons (Fsp3) is 0.308. The van der Waals surface area contributed by atoms with Crippen LogP contribution in [0, 0.1) is 18.6 Å². The van der Waals surface area contributed by atoms with Gasteiger partial charge in [0.2, 0.25) is 0 Å². The normalized spacial score (nSPS) is 12.7. The molecule has 0 amide bonds. The molecule has 0 saturated heterocycles. The van der Waals surface area contributed by atoms with Crippen LogP contribution in [0.3, 0.4) is 0 Å². The molecule has 0 spiro atoms. The highest BCUT2D eigenvalue weighted by Gasteiger charge is 2.17. The summed E-state index contributed by atoms with van der Waals surface area (Å²) in [6.45, 7) is 1.87. The fourth-order valence-electron chi connectivity index (χ4n) is 2.10. The molecule has 1 aromatic heterocycles. The first-order valence-electron chi connectivity index (χ1n) is 5.92. The zero-order valence-electron chi connectivity index (χ0n) is 10.8. The molecule has 1 heterocycles. The number of halogens is 2. The average Bonchev–Trinajstić information content (AvgIpc) is 2.68. The van der Waals surface area contributed by atoms with Gasteiger partial charge in [0.1, 0.15) is 11.6 Å². The first kappa shape index (κ1) is 13.6. The van der Waals surface area contributed by atoms with Gasteiger partial charge in [0.05, 0.1) is 11.7 Å². The van der Waals surface area contributed by atoms with E-state index in [0.717, 1.165) is 29.6 Å². The van der Waals surface area contributed by atoms with Crippen LogP contribution in [0.4, 0.5) is 8.78 Å². The smallest absolute Gasteiger partial charge is 0.128 e. The third kappa shape index (κ3) is 2.97. The zero-order valence-corrected chi connectivity index (χ0v) is 10.8. The van der Waals surface area contributed by atoms with Gasteiger partial charge in [-0.15, -0.1) is 0 Å². The van der Waals surface area contributed by atoms with Crippen molar-refractivity contribution >= 4 is 0 Å². The molecule has 3 N–H and O–H groups in total. The molecule has 1 unspecified atom stereocenters. The third-order valence-electron chi connectivity index (χ3n) is 3.05. The van der Waals surface area contributed by atoms with Crippen molar-refractivity contribution in [1.82, 2.24) is 15.2 Å². The molecule has 0 aliphatic heterocycles. The Balaban J connectivity index is 2.30. The predicted molar refractivity (Wildman–Crippen MR) is 68.1 cm³/mol. The van der Waals surface area contributed by atoms with Gasteiger partial charge >= 0.3 is 0 Å². The van der Waals surface area contributed by atoms with Crippen molar-refractivity contribution in [3.63, 3.8) is 0 Å². The number of aryl methyl sites for hydroxylation is 2. The van der Waals surface area contributed by atoms with Gasteiger partial charge in [0.25, 0.3) is 0 Å². The highest BCUT2D eigenvalue weighted by molar-refractivity contribution is 5.24. The Bertz CT molecular complexity index is 580. The molecule has 1 atom stereocenters. The first-order chi connectivity index (χ1) is 9.01. The Morgan fingerprint density at radius 3 is 2.68 bits per heavy atom. The monoisotopic (exact) mass is 266 g/mol. The molecule has 4 nitrogen and oxygen atoms in total.